The number of rotatable bonds is 6. The Morgan fingerprint density at radius 1 is 1.22 bits per heavy atom. The minimum absolute atomic E-state index is 0.459. The fourth-order valence-electron chi connectivity index (χ4n) is 3.80. The van der Waals surface area contributed by atoms with Gasteiger partial charge in [-0.2, -0.15) is 0 Å². The second-order valence-corrected chi connectivity index (χ2v) is 7.46. The summed E-state index contributed by atoms with van der Waals surface area (Å²) in [6.45, 7) is 4.91. The van der Waals surface area contributed by atoms with Crippen molar-refractivity contribution >= 4 is 6.09 Å². The number of nitrogens with two attached hydrogens (primary N) is 1. The molecule has 2 rings (SSSR count). The molecule has 1 aliphatic rings. The number of benzene rings is 1. The average Bonchev–Trinajstić information content (AvgIpc) is 2.47. The zero-order valence-corrected chi connectivity index (χ0v) is 14.6. The first-order chi connectivity index (χ1) is 10.9. The van der Waals surface area contributed by atoms with Crippen molar-refractivity contribution in [3.63, 3.8) is 0 Å². The predicted molar refractivity (Wildman–Crippen MR) is 93.0 cm³/mol. The standard InChI is InChI=1S/C19H30N2O2/c1-19(2,23-18(20)22)13-15-9-11-17(12-10-15)21(3)14-16-7-5-4-6-8-16/h4-8,15,17H,9-14H2,1-3H3,(H2,20,22). The third-order valence-electron chi connectivity index (χ3n) is 4.87. The molecule has 0 heterocycles. The molecular formula is C19H30N2O2. The first kappa shape index (κ1) is 17.8. The quantitative estimate of drug-likeness (QED) is 0.864. The molecule has 0 bridgehead atoms. The lowest BCUT2D eigenvalue weighted by Gasteiger charge is -2.37. The maximum absolute atomic E-state index is 11.0. The van der Waals surface area contributed by atoms with Gasteiger partial charge in [0.2, 0.25) is 0 Å². The van der Waals surface area contributed by atoms with Gasteiger partial charge >= 0.3 is 6.09 Å². The van der Waals surface area contributed by atoms with Crippen molar-refractivity contribution in [2.24, 2.45) is 11.7 Å². The number of carbonyl (C=O) groups excluding carboxylic acids is 1. The molecule has 128 valence electrons. The molecule has 1 aliphatic carbocycles. The summed E-state index contributed by atoms with van der Waals surface area (Å²) in [5, 5.41) is 0. The molecule has 1 amide bonds. The molecular weight excluding hydrogens is 288 g/mol. The van der Waals surface area contributed by atoms with E-state index in [0.29, 0.717) is 12.0 Å². The summed E-state index contributed by atoms with van der Waals surface area (Å²) < 4.78 is 5.22. The van der Waals surface area contributed by atoms with Crippen LogP contribution in [0, 0.1) is 5.92 Å². The van der Waals surface area contributed by atoms with E-state index in [4.69, 9.17) is 10.5 Å². The Bertz CT molecular complexity index is 493. The Kier molecular flexibility index (Phi) is 6.05. The number of ether oxygens (including phenoxy) is 1. The molecule has 0 atom stereocenters. The Hall–Kier alpha value is -1.55. The molecule has 0 radical (unpaired) electrons. The fraction of sp³-hybridized carbons (Fsp3) is 0.632. The van der Waals surface area contributed by atoms with Crippen LogP contribution in [0.5, 0.6) is 0 Å². The van der Waals surface area contributed by atoms with E-state index in [1.165, 1.54) is 31.2 Å². The Morgan fingerprint density at radius 2 is 1.83 bits per heavy atom. The highest BCUT2D eigenvalue weighted by atomic mass is 16.6. The Labute approximate surface area is 140 Å². The summed E-state index contributed by atoms with van der Waals surface area (Å²) in [7, 11) is 2.22. The summed E-state index contributed by atoms with van der Waals surface area (Å²) in [5.41, 5.74) is 6.06. The molecule has 0 saturated heterocycles. The third-order valence-corrected chi connectivity index (χ3v) is 4.87. The van der Waals surface area contributed by atoms with Crippen molar-refractivity contribution in [1.82, 2.24) is 4.90 Å². The predicted octanol–water partition coefficient (Wildman–Crippen LogP) is 3.94. The second-order valence-electron chi connectivity index (χ2n) is 7.46. The molecule has 0 unspecified atom stereocenters. The van der Waals surface area contributed by atoms with E-state index in [-0.39, 0.29) is 0 Å². The summed E-state index contributed by atoms with van der Waals surface area (Å²) >= 11 is 0. The van der Waals surface area contributed by atoms with E-state index in [0.717, 1.165) is 13.0 Å². The van der Waals surface area contributed by atoms with Gasteiger partial charge in [-0.3, -0.25) is 4.90 Å². The molecule has 1 aromatic carbocycles. The summed E-state index contributed by atoms with van der Waals surface area (Å²) in [6, 6.07) is 11.3. The van der Waals surface area contributed by atoms with Gasteiger partial charge in [0, 0.05) is 12.6 Å². The van der Waals surface area contributed by atoms with E-state index >= 15 is 0 Å². The van der Waals surface area contributed by atoms with Gasteiger partial charge in [-0.05, 0) is 64.5 Å². The lowest BCUT2D eigenvalue weighted by Crippen LogP contribution is -2.38. The van der Waals surface area contributed by atoms with Crippen LogP contribution in [0.1, 0.15) is 51.5 Å². The minimum atomic E-state index is -0.675. The topological polar surface area (TPSA) is 55.6 Å². The van der Waals surface area contributed by atoms with E-state index in [1.807, 2.05) is 13.8 Å². The summed E-state index contributed by atoms with van der Waals surface area (Å²) in [4.78, 5) is 13.4. The van der Waals surface area contributed by atoms with E-state index < -0.39 is 11.7 Å². The lowest BCUT2D eigenvalue weighted by molar-refractivity contribution is 0.0176. The van der Waals surface area contributed by atoms with Crippen molar-refractivity contribution in [2.45, 2.75) is 64.1 Å². The normalized spacial score (nSPS) is 22.1. The first-order valence-corrected chi connectivity index (χ1v) is 8.58. The molecule has 1 fully saturated rings. The highest BCUT2D eigenvalue weighted by molar-refractivity contribution is 5.65. The van der Waals surface area contributed by atoms with Gasteiger partial charge in [0.1, 0.15) is 5.60 Å². The zero-order chi connectivity index (χ0) is 16.9. The molecule has 0 aliphatic heterocycles. The smallest absolute Gasteiger partial charge is 0.405 e. The SMILES string of the molecule is CN(Cc1ccccc1)C1CCC(CC(C)(C)OC(N)=O)CC1. The van der Waals surface area contributed by atoms with Crippen LogP contribution in [0.25, 0.3) is 0 Å². The fourth-order valence-corrected chi connectivity index (χ4v) is 3.80. The Morgan fingerprint density at radius 3 is 2.39 bits per heavy atom. The molecule has 2 N–H and O–H groups in total. The number of hydrogen-bond donors (Lipinski definition) is 1. The van der Waals surface area contributed by atoms with Crippen molar-refractivity contribution in [2.75, 3.05) is 7.05 Å². The van der Waals surface area contributed by atoms with Crippen molar-refractivity contribution in [3.8, 4) is 0 Å². The van der Waals surface area contributed by atoms with Gasteiger partial charge in [-0.15, -0.1) is 0 Å². The number of primary amides is 1. The van der Waals surface area contributed by atoms with Crippen LogP contribution in [0.3, 0.4) is 0 Å². The molecule has 23 heavy (non-hydrogen) atoms. The van der Waals surface area contributed by atoms with Gasteiger partial charge in [0.05, 0.1) is 0 Å². The number of nitrogens with zero attached hydrogens (tertiary/aromatic N) is 1. The second kappa shape index (κ2) is 7.82. The molecule has 0 spiro atoms. The molecule has 0 aromatic heterocycles. The van der Waals surface area contributed by atoms with Crippen LogP contribution in [-0.4, -0.2) is 29.7 Å². The van der Waals surface area contributed by atoms with Gasteiger partial charge in [-0.25, -0.2) is 4.79 Å². The monoisotopic (exact) mass is 318 g/mol. The van der Waals surface area contributed by atoms with Crippen molar-refractivity contribution < 1.29 is 9.53 Å². The highest BCUT2D eigenvalue weighted by Crippen LogP contribution is 2.34. The van der Waals surface area contributed by atoms with Crippen LogP contribution in [0.15, 0.2) is 30.3 Å². The maximum Gasteiger partial charge on any atom is 0.405 e. The molecule has 4 heteroatoms. The van der Waals surface area contributed by atoms with E-state index in [1.54, 1.807) is 0 Å². The number of carbonyl (C=O) groups is 1. The van der Waals surface area contributed by atoms with Gasteiger partial charge < -0.3 is 10.5 Å². The van der Waals surface area contributed by atoms with Crippen LogP contribution in [0.4, 0.5) is 4.79 Å². The zero-order valence-electron chi connectivity index (χ0n) is 14.6. The summed E-state index contributed by atoms with van der Waals surface area (Å²) in [5.74, 6) is 0.616. The first-order valence-electron chi connectivity index (χ1n) is 8.58. The highest BCUT2D eigenvalue weighted by Gasteiger charge is 2.30. The minimum Gasteiger partial charge on any atom is -0.444 e. The number of hydrogen-bond acceptors (Lipinski definition) is 3. The summed E-state index contributed by atoms with van der Waals surface area (Å²) in [6.07, 6.45) is 5.02. The van der Waals surface area contributed by atoms with E-state index in [2.05, 4.69) is 42.3 Å². The molecule has 4 nitrogen and oxygen atoms in total. The maximum atomic E-state index is 11.0. The van der Waals surface area contributed by atoms with Crippen LogP contribution in [-0.2, 0) is 11.3 Å². The molecule has 1 aromatic rings. The van der Waals surface area contributed by atoms with Gasteiger partial charge in [0.25, 0.3) is 0 Å². The van der Waals surface area contributed by atoms with Crippen LogP contribution in [0.2, 0.25) is 0 Å². The van der Waals surface area contributed by atoms with Crippen molar-refractivity contribution in [1.29, 1.82) is 0 Å². The lowest BCUT2D eigenvalue weighted by atomic mass is 9.79. The number of amides is 1. The van der Waals surface area contributed by atoms with Crippen LogP contribution >= 0.6 is 0 Å². The van der Waals surface area contributed by atoms with E-state index in [9.17, 15) is 4.79 Å². The molecule has 1 saturated carbocycles. The van der Waals surface area contributed by atoms with Gasteiger partial charge in [-0.1, -0.05) is 30.3 Å². The Balaban J connectivity index is 1.78. The van der Waals surface area contributed by atoms with Gasteiger partial charge in [0.15, 0.2) is 0 Å². The largest absolute Gasteiger partial charge is 0.444 e. The van der Waals surface area contributed by atoms with Crippen LogP contribution < -0.4 is 5.73 Å². The third kappa shape index (κ3) is 5.87. The van der Waals surface area contributed by atoms with Crippen molar-refractivity contribution in [3.05, 3.63) is 35.9 Å². The average molecular weight is 318 g/mol.